The Morgan fingerprint density at radius 3 is 2.18 bits per heavy atom. The Hall–Kier alpha value is -3.84. The van der Waals surface area contributed by atoms with E-state index in [0.717, 1.165) is 11.1 Å². The van der Waals surface area contributed by atoms with E-state index in [2.05, 4.69) is 5.32 Å². The summed E-state index contributed by atoms with van der Waals surface area (Å²) in [4.78, 5) is 27.0. The molecule has 7 nitrogen and oxygen atoms in total. The summed E-state index contributed by atoms with van der Waals surface area (Å²) >= 11 is 0. The van der Waals surface area contributed by atoms with Crippen LogP contribution in [0.5, 0.6) is 5.75 Å². The van der Waals surface area contributed by atoms with Crippen molar-refractivity contribution in [3.63, 3.8) is 0 Å². The number of likely N-dealkylation sites (tertiary alicyclic amines) is 1. The van der Waals surface area contributed by atoms with Crippen molar-refractivity contribution in [2.75, 3.05) is 6.54 Å². The fourth-order valence-electron chi connectivity index (χ4n) is 3.68. The van der Waals surface area contributed by atoms with Gasteiger partial charge in [0, 0.05) is 6.54 Å². The summed E-state index contributed by atoms with van der Waals surface area (Å²) in [7, 11) is 0. The fourth-order valence-corrected chi connectivity index (χ4v) is 3.68. The van der Waals surface area contributed by atoms with Crippen LogP contribution in [0.4, 0.5) is 4.79 Å². The molecule has 170 valence electrons. The van der Waals surface area contributed by atoms with Crippen molar-refractivity contribution in [3.05, 3.63) is 102 Å². The van der Waals surface area contributed by atoms with Crippen molar-refractivity contribution in [1.29, 1.82) is 0 Å². The van der Waals surface area contributed by atoms with Crippen LogP contribution < -0.4 is 10.1 Å². The Morgan fingerprint density at radius 2 is 1.48 bits per heavy atom. The Labute approximate surface area is 192 Å². The third kappa shape index (κ3) is 5.70. The van der Waals surface area contributed by atoms with E-state index in [1.54, 1.807) is 24.3 Å². The van der Waals surface area contributed by atoms with Crippen molar-refractivity contribution in [2.45, 2.75) is 31.9 Å². The number of nitrogens with one attached hydrogen (secondary N) is 1. The lowest BCUT2D eigenvalue weighted by Gasteiger charge is -2.26. The topological polar surface area (TPSA) is 88.1 Å². The molecular weight excluding hydrogens is 420 g/mol. The van der Waals surface area contributed by atoms with Gasteiger partial charge in [0.15, 0.2) is 0 Å². The van der Waals surface area contributed by atoms with Crippen LogP contribution in [0, 0.1) is 0 Å². The number of aliphatic hydroxyl groups is 1. The summed E-state index contributed by atoms with van der Waals surface area (Å²) in [6, 6.07) is 25.9. The molecule has 1 aliphatic rings. The Morgan fingerprint density at radius 1 is 0.879 bits per heavy atom. The Kier molecular flexibility index (Phi) is 7.22. The predicted molar refractivity (Wildman–Crippen MR) is 122 cm³/mol. The maximum Gasteiger partial charge on any atom is 0.411 e. The number of rotatable bonds is 7. The van der Waals surface area contributed by atoms with Crippen molar-refractivity contribution >= 4 is 12.0 Å². The minimum absolute atomic E-state index is 0.114. The molecule has 0 bridgehead atoms. The zero-order valence-electron chi connectivity index (χ0n) is 18.1. The molecule has 2 amide bonds. The number of para-hydroxylation sites is 1. The zero-order chi connectivity index (χ0) is 23.0. The van der Waals surface area contributed by atoms with E-state index >= 15 is 0 Å². The van der Waals surface area contributed by atoms with E-state index in [4.69, 9.17) is 9.47 Å². The molecule has 0 spiro atoms. The fraction of sp³-hybridized carbons (Fsp3) is 0.231. The van der Waals surface area contributed by atoms with Gasteiger partial charge in [0.05, 0.1) is 11.7 Å². The molecule has 3 aromatic rings. The summed E-state index contributed by atoms with van der Waals surface area (Å²) in [6.45, 7) is 0.712. The van der Waals surface area contributed by atoms with Gasteiger partial charge in [-0.3, -0.25) is 9.69 Å². The van der Waals surface area contributed by atoms with Gasteiger partial charge in [-0.15, -0.1) is 0 Å². The molecule has 1 heterocycles. The number of hydrogen-bond acceptors (Lipinski definition) is 5. The normalized spacial score (nSPS) is 17.4. The number of aliphatic hydroxyl groups excluding tert-OH is 1. The van der Waals surface area contributed by atoms with Gasteiger partial charge in [-0.1, -0.05) is 72.8 Å². The van der Waals surface area contributed by atoms with Crippen LogP contribution in [-0.2, 0) is 18.0 Å². The van der Waals surface area contributed by atoms with E-state index in [0.29, 0.717) is 24.3 Å². The van der Waals surface area contributed by atoms with Crippen LogP contribution in [0.3, 0.4) is 0 Å². The predicted octanol–water partition coefficient (Wildman–Crippen LogP) is 3.72. The van der Waals surface area contributed by atoms with Crippen LogP contribution in [-0.4, -0.2) is 40.8 Å². The molecular formula is C26H26N2O5. The van der Waals surface area contributed by atoms with Crippen molar-refractivity contribution in [3.8, 4) is 5.75 Å². The van der Waals surface area contributed by atoms with Crippen molar-refractivity contribution in [1.82, 2.24) is 10.2 Å². The molecule has 1 fully saturated rings. The maximum atomic E-state index is 13.0. The molecule has 33 heavy (non-hydrogen) atoms. The van der Waals surface area contributed by atoms with Gasteiger partial charge in [-0.25, -0.2) is 4.79 Å². The van der Waals surface area contributed by atoms with Crippen LogP contribution in [0.1, 0.15) is 27.9 Å². The molecule has 1 saturated heterocycles. The van der Waals surface area contributed by atoms with Gasteiger partial charge >= 0.3 is 6.09 Å². The highest BCUT2D eigenvalue weighted by molar-refractivity contribution is 5.97. The van der Waals surface area contributed by atoms with Gasteiger partial charge in [-0.2, -0.15) is 0 Å². The second kappa shape index (κ2) is 10.7. The lowest BCUT2D eigenvalue weighted by atomic mass is 10.1. The second-order valence-electron chi connectivity index (χ2n) is 7.78. The number of carbonyl (C=O) groups is 2. The van der Waals surface area contributed by atoms with Crippen LogP contribution >= 0.6 is 0 Å². The number of ether oxygens (including phenoxy) is 2. The van der Waals surface area contributed by atoms with Gasteiger partial charge in [0.2, 0.25) is 0 Å². The van der Waals surface area contributed by atoms with E-state index in [9.17, 15) is 14.7 Å². The van der Waals surface area contributed by atoms with Gasteiger partial charge in [0.1, 0.15) is 25.1 Å². The van der Waals surface area contributed by atoms with E-state index < -0.39 is 24.3 Å². The lowest BCUT2D eigenvalue weighted by molar-refractivity contribution is 0.0545. The largest absolute Gasteiger partial charge is 0.488 e. The summed E-state index contributed by atoms with van der Waals surface area (Å²) in [5, 5.41) is 13.2. The standard InChI is InChI=1S/C26H26N2O5/c29-22-15-16-28(26(31)33-18-20-11-5-2-6-12-20)24(22)27-25(30)21-13-7-8-14-23(21)32-17-19-9-3-1-4-10-19/h1-14,22,24,29H,15-18H2,(H,27,30). The number of nitrogens with zero attached hydrogens (tertiary/aromatic N) is 1. The Balaban J connectivity index is 1.40. The minimum Gasteiger partial charge on any atom is -0.488 e. The van der Waals surface area contributed by atoms with Gasteiger partial charge < -0.3 is 19.9 Å². The summed E-state index contributed by atoms with van der Waals surface area (Å²) in [6.07, 6.45) is -2.02. The first-order valence-electron chi connectivity index (χ1n) is 10.8. The number of amides is 2. The molecule has 1 aliphatic heterocycles. The number of benzene rings is 3. The summed E-state index contributed by atoms with van der Waals surface area (Å²) in [5.41, 5.74) is 2.16. The highest BCUT2D eigenvalue weighted by Gasteiger charge is 2.38. The molecule has 2 N–H and O–H groups in total. The molecule has 2 atom stereocenters. The van der Waals surface area contributed by atoms with Crippen molar-refractivity contribution < 1.29 is 24.2 Å². The first-order valence-corrected chi connectivity index (χ1v) is 10.8. The summed E-state index contributed by atoms with van der Waals surface area (Å²) in [5.74, 6) is -0.0185. The third-order valence-electron chi connectivity index (χ3n) is 5.45. The van der Waals surface area contributed by atoms with Crippen molar-refractivity contribution in [2.24, 2.45) is 0 Å². The average Bonchev–Trinajstić information content (AvgIpc) is 3.22. The smallest absolute Gasteiger partial charge is 0.411 e. The molecule has 0 aromatic heterocycles. The average molecular weight is 447 g/mol. The van der Waals surface area contributed by atoms with Gasteiger partial charge in [0.25, 0.3) is 5.91 Å². The minimum atomic E-state index is -0.893. The van der Waals surface area contributed by atoms with Crippen LogP contribution in [0.2, 0.25) is 0 Å². The highest BCUT2D eigenvalue weighted by Crippen LogP contribution is 2.22. The lowest BCUT2D eigenvalue weighted by Crippen LogP contribution is -2.51. The number of hydrogen-bond donors (Lipinski definition) is 2. The molecule has 0 radical (unpaired) electrons. The Bertz CT molecular complexity index is 1070. The van der Waals surface area contributed by atoms with Crippen LogP contribution in [0.25, 0.3) is 0 Å². The van der Waals surface area contributed by atoms with Crippen LogP contribution in [0.15, 0.2) is 84.9 Å². The van der Waals surface area contributed by atoms with E-state index in [1.807, 2.05) is 60.7 Å². The molecule has 7 heteroatoms. The third-order valence-corrected chi connectivity index (χ3v) is 5.45. The van der Waals surface area contributed by atoms with E-state index in [1.165, 1.54) is 4.90 Å². The SMILES string of the molecule is O=C(NC1C(O)CCN1C(=O)OCc1ccccc1)c1ccccc1OCc1ccccc1. The molecule has 0 aliphatic carbocycles. The zero-order valence-corrected chi connectivity index (χ0v) is 18.1. The monoisotopic (exact) mass is 446 g/mol. The first-order chi connectivity index (χ1) is 16.1. The maximum absolute atomic E-state index is 13.0. The molecule has 4 rings (SSSR count). The number of carbonyl (C=O) groups excluding carboxylic acids is 2. The first kappa shape index (κ1) is 22.4. The molecule has 3 aromatic carbocycles. The summed E-state index contributed by atoms with van der Waals surface area (Å²) < 4.78 is 11.3. The molecule has 0 saturated carbocycles. The highest BCUT2D eigenvalue weighted by atomic mass is 16.6. The second-order valence-corrected chi connectivity index (χ2v) is 7.78. The molecule has 2 unspecified atom stereocenters. The van der Waals surface area contributed by atoms with Gasteiger partial charge in [-0.05, 0) is 29.7 Å². The van der Waals surface area contributed by atoms with E-state index in [-0.39, 0.29) is 13.2 Å². The quantitative estimate of drug-likeness (QED) is 0.578.